The third kappa shape index (κ3) is 2.44. The first-order valence-corrected chi connectivity index (χ1v) is 5.03. The van der Waals surface area contributed by atoms with Crippen LogP contribution in [0.4, 0.5) is 11.8 Å². The molecular weight excluding hydrogens is 222 g/mol. The second-order valence-electron chi connectivity index (χ2n) is 3.63. The maximum absolute atomic E-state index is 10.7. The highest BCUT2D eigenvalue weighted by molar-refractivity contribution is 5.70. The van der Waals surface area contributed by atoms with Crippen molar-refractivity contribution < 1.29 is 9.53 Å². The molecule has 0 spiro atoms. The Kier molecular flexibility index (Phi) is 2.82. The molecule has 2 heterocycles. The molecule has 7 heteroatoms. The van der Waals surface area contributed by atoms with Crippen LogP contribution in [0.25, 0.3) is 6.08 Å². The third-order valence-electron chi connectivity index (χ3n) is 2.20. The van der Waals surface area contributed by atoms with Crippen molar-refractivity contribution in [3.63, 3.8) is 0 Å². The van der Waals surface area contributed by atoms with Crippen LogP contribution in [0.3, 0.4) is 0 Å². The van der Waals surface area contributed by atoms with Crippen LogP contribution in [0.5, 0.6) is 0 Å². The molecule has 0 atom stereocenters. The highest BCUT2D eigenvalue weighted by atomic mass is 16.5. The van der Waals surface area contributed by atoms with Gasteiger partial charge in [0.05, 0.1) is 5.70 Å². The quantitative estimate of drug-likeness (QED) is 0.692. The molecule has 0 bridgehead atoms. The van der Waals surface area contributed by atoms with Crippen LogP contribution in [-0.2, 0) is 9.53 Å². The summed E-state index contributed by atoms with van der Waals surface area (Å²) in [5.41, 5.74) is 10.1. The summed E-state index contributed by atoms with van der Waals surface area (Å²) in [7, 11) is 1.80. The van der Waals surface area contributed by atoms with Crippen LogP contribution in [0.1, 0.15) is 12.5 Å². The van der Waals surface area contributed by atoms with Crippen molar-refractivity contribution in [3.05, 3.63) is 17.5 Å². The minimum Gasteiger partial charge on any atom is -0.459 e. The number of fused-ring (bicyclic) bond motifs is 1. The molecule has 1 aliphatic rings. The molecule has 7 nitrogen and oxygen atoms in total. The molecule has 90 valence electrons. The molecule has 0 aromatic carbocycles. The highest BCUT2D eigenvalue weighted by Crippen LogP contribution is 2.22. The lowest BCUT2D eigenvalue weighted by Gasteiger charge is -2.27. The zero-order valence-electron chi connectivity index (χ0n) is 9.60. The van der Waals surface area contributed by atoms with E-state index < -0.39 is 0 Å². The summed E-state index contributed by atoms with van der Waals surface area (Å²) in [4.78, 5) is 18.7. The van der Waals surface area contributed by atoms with E-state index in [-0.39, 0.29) is 18.5 Å². The van der Waals surface area contributed by atoms with E-state index in [4.69, 9.17) is 10.5 Å². The maximum Gasteiger partial charge on any atom is 0.303 e. The Morgan fingerprint density at radius 2 is 2.41 bits per heavy atom. The van der Waals surface area contributed by atoms with Gasteiger partial charge in [-0.3, -0.25) is 15.2 Å². The number of carbonyl (C=O) groups excluding carboxylic acids is 1. The van der Waals surface area contributed by atoms with Crippen molar-refractivity contribution in [2.75, 3.05) is 24.4 Å². The molecule has 1 aromatic rings. The summed E-state index contributed by atoms with van der Waals surface area (Å²) < 4.78 is 4.91. The number of nitrogen functional groups attached to an aromatic ring is 1. The normalized spacial score (nSPS) is 13.5. The summed E-state index contributed by atoms with van der Waals surface area (Å²) in [5, 5.41) is 1.70. The first-order valence-electron chi connectivity index (χ1n) is 5.03. The smallest absolute Gasteiger partial charge is 0.303 e. The van der Waals surface area contributed by atoms with Crippen LogP contribution in [0, 0.1) is 0 Å². The van der Waals surface area contributed by atoms with E-state index >= 15 is 0 Å². The number of hydrogen-bond donors (Lipinski definition) is 2. The molecule has 0 aliphatic carbocycles. The summed E-state index contributed by atoms with van der Waals surface area (Å²) in [6.45, 7) is 1.55. The fourth-order valence-electron chi connectivity index (χ4n) is 1.51. The van der Waals surface area contributed by atoms with Gasteiger partial charge >= 0.3 is 5.97 Å². The fourth-order valence-corrected chi connectivity index (χ4v) is 1.51. The van der Waals surface area contributed by atoms with Crippen molar-refractivity contribution in [1.29, 1.82) is 0 Å². The number of aromatic nitrogens is 2. The van der Waals surface area contributed by atoms with Crippen LogP contribution in [0.15, 0.2) is 11.9 Å². The van der Waals surface area contributed by atoms with Gasteiger partial charge in [0.15, 0.2) is 5.82 Å². The standard InChI is InChI=1S/C10H13N5O2/c1-6(16)17-5-8-3-7-4-12-10(11)13-9(7)15(2)14-8/h3-4,14H,5H2,1-2H3,(H2,11,12,13). The van der Waals surface area contributed by atoms with Crippen LogP contribution < -0.4 is 16.2 Å². The van der Waals surface area contributed by atoms with Gasteiger partial charge in [0.25, 0.3) is 0 Å². The number of esters is 1. The zero-order chi connectivity index (χ0) is 12.4. The number of hydrazine groups is 1. The Bertz CT molecular complexity index is 486. The summed E-state index contributed by atoms with van der Waals surface area (Å²) in [5.74, 6) is 0.577. The van der Waals surface area contributed by atoms with Gasteiger partial charge in [-0.05, 0) is 6.08 Å². The average Bonchev–Trinajstić information content (AvgIpc) is 2.27. The van der Waals surface area contributed by atoms with Gasteiger partial charge in [0.2, 0.25) is 5.95 Å². The molecule has 0 saturated heterocycles. The molecule has 0 fully saturated rings. The average molecular weight is 235 g/mol. The number of nitrogens with one attached hydrogen (secondary N) is 1. The van der Waals surface area contributed by atoms with Gasteiger partial charge in [0.1, 0.15) is 6.61 Å². The van der Waals surface area contributed by atoms with E-state index in [9.17, 15) is 4.79 Å². The van der Waals surface area contributed by atoms with Crippen LogP contribution in [-0.4, -0.2) is 29.6 Å². The van der Waals surface area contributed by atoms with Gasteiger partial charge in [-0.15, -0.1) is 0 Å². The number of rotatable bonds is 2. The van der Waals surface area contributed by atoms with Crippen molar-refractivity contribution in [2.45, 2.75) is 6.92 Å². The van der Waals surface area contributed by atoms with Gasteiger partial charge < -0.3 is 10.5 Å². The van der Waals surface area contributed by atoms with Gasteiger partial charge in [0, 0.05) is 25.7 Å². The molecule has 1 aliphatic heterocycles. The fraction of sp³-hybridized carbons (Fsp3) is 0.300. The number of nitrogens with two attached hydrogens (primary N) is 1. The Morgan fingerprint density at radius 1 is 1.65 bits per heavy atom. The first kappa shape index (κ1) is 11.2. The minimum atomic E-state index is -0.324. The summed E-state index contributed by atoms with van der Waals surface area (Å²) in [6.07, 6.45) is 3.44. The van der Waals surface area contributed by atoms with Crippen molar-refractivity contribution >= 4 is 23.8 Å². The topological polar surface area (TPSA) is 93.4 Å². The number of nitrogens with zero attached hydrogens (tertiary/aromatic N) is 3. The largest absolute Gasteiger partial charge is 0.459 e. The molecule has 1 aromatic heterocycles. The minimum absolute atomic E-state index is 0.184. The summed E-state index contributed by atoms with van der Waals surface area (Å²) >= 11 is 0. The van der Waals surface area contributed by atoms with Crippen LogP contribution >= 0.6 is 0 Å². The van der Waals surface area contributed by atoms with Crippen molar-refractivity contribution in [1.82, 2.24) is 15.4 Å². The lowest BCUT2D eigenvalue weighted by Crippen LogP contribution is -2.38. The molecule has 2 rings (SSSR count). The predicted octanol–water partition coefficient (Wildman–Crippen LogP) is -0.0828. The Morgan fingerprint density at radius 3 is 3.12 bits per heavy atom. The molecule has 17 heavy (non-hydrogen) atoms. The van der Waals surface area contributed by atoms with E-state index in [2.05, 4.69) is 15.4 Å². The Hall–Kier alpha value is -2.31. The lowest BCUT2D eigenvalue weighted by atomic mass is 10.2. The van der Waals surface area contributed by atoms with Crippen LogP contribution in [0.2, 0.25) is 0 Å². The van der Waals surface area contributed by atoms with E-state index in [1.165, 1.54) is 6.92 Å². The highest BCUT2D eigenvalue weighted by Gasteiger charge is 2.16. The molecule has 0 amide bonds. The molecule has 0 saturated carbocycles. The van der Waals surface area contributed by atoms with Crippen molar-refractivity contribution in [2.24, 2.45) is 0 Å². The third-order valence-corrected chi connectivity index (χ3v) is 2.20. The first-order chi connectivity index (χ1) is 8.06. The Labute approximate surface area is 98.3 Å². The number of carbonyl (C=O) groups is 1. The number of anilines is 2. The van der Waals surface area contributed by atoms with E-state index in [1.54, 1.807) is 18.3 Å². The monoisotopic (exact) mass is 235 g/mol. The second kappa shape index (κ2) is 4.28. The van der Waals surface area contributed by atoms with E-state index in [0.717, 1.165) is 11.3 Å². The Balaban J connectivity index is 2.23. The van der Waals surface area contributed by atoms with E-state index in [1.807, 2.05) is 6.08 Å². The van der Waals surface area contributed by atoms with E-state index in [0.29, 0.717) is 5.82 Å². The molecular formula is C10H13N5O2. The molecule has 0 radical (unpaired) electrons. The van der Waals surface area contributed by atoms with Gasteiger partial charge in [-0.1, -0.05) is 0 Å². The number of ether oxygens (including phenoxy) is 1. The molecule has 0 unspecified atom stereocenters. The second-order valence-corrected chi connectivity index (χ2v) is 3.63. The lowest BCUT2D eigenvalue weighted by molar-refractivity contribution is -0.140. The molecule has 3 N–H and O–H groups in total. The predicted molar refractivity (Wildman–Crippen MR) is 62.6 cm³/mol. The van der Waals surface area contributed by atoms with Gasteiger partial charge in [-0.2, -0.15) is 4.98 Å². The number of hydrogen-bond acceptors (Lipinski definition) is 7. The van der Waals surface area contributed by atoms with Gasteiger partial charge in [-0.25, -0.2) is 4.98 Å². The SMILES string of the molecule is CC(=O)OCC1=Cc2cnc(N)nc2N(C)N1. The summed E-state index contributed by atoms with van der Waals surface area (Å²) in [6, 6.07) is 0. The zero-order valence-corrected chi connectivity index (χ0v) is 9.60. The maximum atomic E-state index is 10.7. The van der Waals surface area contributed by atoms with Crippen molar-refractivity contribution in [3.8, 4) is 0 Å².